The smallest absolute Gasteiger partial charge is 0.399 e. The fourth-order valence-corrected chi connectivity index (χ4v) is 3.27. The summed E-state index contributed by atoms with van der Waals surface area (Å²) in [5.74, 6) is 0. The molecule has 1 aliphatic heterocycles. The first-order valence-electron chi connectivity index (χ1n) is 9.59. The van der Waals surface area contributed by atoms with Crippen molar-refractivity contribution in [3.8, 4) is 0 Å². The second-order valence-corrected chi connectivity index (χ2v) is 8.83. The van der Waals surface area contributed by atoms with E-state index >= 15 is 0 Å². The maximum atomic E-state index is 8.98. The molecule has 1 fully saturated rings. The van der Waals surface area contributed by atoms with Crippen LogP contribution in [-0.4, -0.2) is 41.7 Å². The molecule has 2 aromatic rings. The van der Waals surface area contributed by atoms with E-state index in [2.05, 4.69) is 15.9 Å². The largest absolute Gasteiger partial charge is 0.494 e. The maximum absolute atomic E-state index is 8.98. The van der Waals surface area contributed by atoms with Crippen LogP contribution in [0.15, 0.2) is 53.0 Å². The molecular formula is C22H30BBrO4. The Morgan fingerprint density at radius 2 is 1.32 bits per heavy atom. The zero-order valence-corrected chi connectivity index (χ0v) is 18.7. The van der Waals surface area contributed by atoms with Crippen LogP contribution in [0.25, 0.3) is 0 Å². The first-order chi connectivity index (χ1) is 13.2. The number of hydrogen-bond acceptors (Lipinski definition) is 4. The van der Waals surface area contributed by atoms with Crippen molar-refractivity contribution in [2.45, 2.75) is 51.7 Å². The lowest BCUT2D eigenvalue weighted by Gasteiger charge is -2.32. The van der Waals surface area contributed by atoms with Crippen molar-refractivity contribution >= 4 is 28.5 Å². The van der Waals surface area contributed by atoms with Gasteiger partial charge in [0.05, 0.1) is 11.2 Å². The summed E-state index contributed by atoms with van der Waals surface area (Å²) in [6.07, 6.45) is 1.40. The second-order valence-electron chi connectivity index (χ2n) is 7.91. The van der Waals surface area contributed by atoms with Crippen molar-refractivity contribution in [1.29, 1.82) is 0 Å². The summed E-state index contributed by atoms with van der Waals surface area (Å²) < 4.78 is 13.1. The number of aliphatic hydroxyl groups is 2. The summed E-state index contributed by atoms with van der Waals surface area (Å²) in [5, 5.41) is 17.6. The standard InChI is InChI=1S/C14H21BO3.C8H9BrO/c1-13(2)14(3,4)18-15(17-13)12-7-5-6-11(10-12)8-9-16;9-8-3-1-2-7(6-8)4-5-10/h5-7,10,16H,8-9H2,1-4H3;1-3,6,10H,4-5H2. The molecule has 1 saturated heterocycles. The van der Waals surface area contributed by atoms with Gasteiger partial charge in [-0.25, -0.2) is 0 Å². The number of aliphatic hydroxyl groups excluding tert-OH is 2. The topological polar surface area (TPSA) is 58.9 Å². The lowest BCUT2D eigenvalue weighted by molar-refractivity contribution is 0.00578. The van der Waals surface area contributed by atoms with Crippen LogP contribution < -0.4 is 5.46 Å². The van der Waals surface area contributed by atoms with Gasteiger partial charge in [-0.15, -0.1) is 0 Å². The van der Waals surface area contributed by atoms with Crippen molar-refractivity contribution in [2.24, 2.45) is 0 Å². The van der Waals surface area contributed by atoms with Gasteiger partial charge in [0.25, 0.3) is 0 Å². The van der Waals surface area contributed by atoms with Crippen LogP contribution in [0.2, 0.25) is 0 Å². The number of hydrogen-bond donors (Lipinski definition) is 2. The van der Waals surface area contributed by atoms with Crippen molar-refractivity contribution in [2.75, 3.05) is 13.2 Å². The second kappa shape index (κ2) is 10.0. The molecule has 2 N–H and O–H groups in total. The maximum Gasteiger partial charge on any atom is 0.494 e. The monoisotopic (exact) mass is 448 g/mol. The Kier molecular flexibility index (Phi) is 8.28. The van der Waals surface area contributed by atoms with Gasteiger partial charge in [-0.1, -0.05) is 52.3 Å². The highest BCUT2D eigenvalue weighted by Crippen LogP contribution is 2.36. The van der Waals surface area contributed by atoms with Gasteiger partial charge < -0.3 is 19.5 Å². The van der Waals surface area contributed by atoms with Gasteiger partial charge in [0.1, 0.15) is 0 Å². The number of rotatable bonds is 5. The third-order valence-electron chi connectivity index (χ3n) is 5.17. The predicted octanol–water partition coefficient (Wildman–Crippen LogP) is 3.50. The lowest BCUT2D eigenvalue weighted by atomic mass is 9.78. The predicted molar refractivity (Wildman–Crippen MR) is 118 cm³/mol. The molecule has 1 heterocycles. The molecule has 0 radical (unpaired) electrons. The molecule has 2 aromatic carbocycles. The highest BCUT2D eigenvalue weighted by atomic mass is 79.9. The molecule has 0 bridgehead atoms. The fourth-order valence-electron chi connectivity index (χ4n) is 2.83. The molecule has 0 unspecified atom stereocenters. The molecular weight excluding hydrogens is 419 g/mol. The van der Waals surface area contributed by atoms with Gasteiger partial charge in [0.15, 0.2) is 0 Å². The molecule has 6 heteroatoms. The molecule has 1 aliphatic rings. The third kappa shape index (κ3) is 6.16. The van der Waals surface area contributed by atoms with Crippen molar-refractivity contribution in [3.05, 3.63) is 64.1 Å². The van der Waals surface area contributed by atoms with E-state index in [1.165, 1.54) is 0 Å². The van der Waals surface area contributed by atoms with Gasteiger partial charge in [-0.3, -0.25) is 0 Å². The van der Waals surface area contributed by atoms with Crippen LogP contribution in [0, 0.1) is 0 Å². The minimum Gasteiger partial charge on any atom is -0.399 e. The fraction of sp³-hybridized carbons (Fsp3) is 0.455. The number of halogens is 1. The molecule has 152 valence electrons. The van der Waals surface area contributed by atoms with Gasteiger partial charge >= 0.3 is 7.12 Å². The van der Waals surface area contributed by atoms with Crippen LogP contribution in [0.1, 0.15) is 38.8 Å². The molecule has 3 rings (SSSR count). The summed E-state index contributed by atoms with van der Waals surface area (Å²) in [4.78, 5) is 0. The third-order valence-corrected chi connectivity index (χ3v) is 5.66. The summed E-state index contributed by atoms with van der Waals surface area (Å²) in [6.45, 7) is 8.56. The van der Waals surface area contributed by atoms with E-state index in [1.807, 2.05) is 76.2 Å². The molecule has 0 atom stereocenters. The molecule has 0 amide bonds. The van der Waals surface area contributed by atoms with Crippen LogP contribution in [0.5, 0.6) is 0 Å². The van der Waals surface area contributed by atoms with Crippen molar-refractivity contribution in [3.63, 3.8) is 0 Å². The Bertz CT molecular complexity index is 748. The first kappa shape index (κ1) is 23.1. The zero-order chi connectivity index (χ0) is 20.8. The van der Waals surface area contributed by atoms with Crippen molar-refractivity contribution in [1.82, 2.24) is 0 Å². The van der Waals surface area contributed by atoms with E-state index in [4.69, 9.17) is 19.5 Å². The van der Waals surface area contributed by atoms with Gasteiger partial charge in [-0.05, 0) is 69.3 Å². The molecule has 0 spiro atoms. The summed E-state index contributed by atoms with van der Waals surface area (Å²) >= 11 is 3.35. The molecule has 4 nitrogen and oxygen atoms in total. The molecule has 28 heavy (non-hydrogen) atoms. The van der Waals surface area contributed by atoms with Gasteiger partial charge in [0.2, 0.25) is 0 Å². The van der Waals surface area contributed by atoms with E-state index < -0.39 is 0 Å². The number of benzene rings is 2. The van der Waals surface area contributed by atoms with Crippen LogP contribution in [0.3, 0.4) is 0 Å². The zero-order valence-electron chi connectivity index (χ0n) is 17.1. The van der Waals surface area contributed by atoms with Gasteiger partial charge in [0, 0.05) is 17.7 Å². The van der Waals surface area contributed by atoms with Gasteiger partial charge in [-0.2, -0.15) is 0 Å². The summed E-state index contributed by atoms with van der Waals surface area (Å²) in [6, 6.07) is 16.0. The molecule has 0 saturated carbocycles. The average Bonchev–Trinajstić information content (AvgIpc) is 2.84. The summed E-state index contributed by atoms with van der Waals surface area (Å²) in [7, 11) is -0.325. The molecule has 0 aliphatic carbocycles. The van der Waals surface area contributed by atoms with E-state index in [0.29, 0.717) is 6.42 Å². The van der Waals surface area contributed by atoms with Crippen molar-refractivity contribution < 1.29 is 19.5 Å². The minimum atomic E-state index is -0.325. The normalized spacial score (nSPS) is 17.2. The minimum absolute atomic E-state index is 0.160. The average molecular weight is 449 g/mol. The van der Waals surface area contributed by atoms with E-state index in [1.54, 1.807) is 0 Å². The quantitative estimate of drug-likeness (QED) is 0.687. The Morgan fingerprint density at radius 3 is 1.82 bits per heavy atom. The van der Waals surface area contributed by atoms with E-state index in [0.717, 1.165) is 27.5 Å². The Balaban J connectivity index is 0.000000237. The van der Waals surface area contributed by atoms with E-state index in [9.17, 15) is 0 Å². The van der Waals surface area contributed by atoms with Crippen LogP contribution >= 0.6 is 15.9 Å². The summed E-state index contributed by atoms with van der Waals surface area (Å²) in [5.41, 5.74) is 2.65. The molecule has 0 aromatic heterocycles. The Hall–Kier alpha value is -1.18. The van der Waals surface area contributed by atoms with E-state index in [-0.39, 0.29) is 31.5 Å². The highest BCUT2D eigenvalue weighted by molar-refractivity contribution is 9.10. The Morgan fingerprint density at radius 1 is 0.821 bits per heavy atom. The Labute approximate surface area is 177 Å². The van der Waals surface area contributed by atoms with Crippen LogP contribution in [-0.2, 0) is 22.2 Å². The van der Waals surface area contributed by atoms with Crippen LogP contribution in [0.4, 0.5) is 0 Å². The SMILES string of the molecule is CC1(C)OB(c2cccc(CCO)c2)OC1(C)C.OCCc1cccc(Br)c1. The highest BCUT2D eigenvalue weighted by Gasteiger charge is 2.51. The lowest BCUT2D eigenvalue weighted by Crippen LogP contribution is -2.41. The first-order valence-corrected chi connectivity index (χ1v) is 10.4.